The first-order valence-electron chi connectivity index (χ1n) is 6.50. The fourth-order valence-corrected chi connectivity index (χ4v) is 2.36. The number of aromatic nitrogens is 1. The first-order valence-corrected chi connectivity index (χ1v) is 6.50. The van der Waals surface area contributed by atoms with Crippen molar-refractivity contribution in [3.05, 3.63) is 22.9 Å². The van der Waals surface area contributed by atoms with E-state index in [1.807, 2.05) is 19.9 Å². The van der Waals surface area contributed by atoms with E-state index in [0.29, 0.717) is 6.61 Å². The van der Waals surface area contributed by atoms with Gasteiger partial charge in [0.25, 0.3) is 0 Å². The zero-order valence-electron chi connectivity index (χ0n) is 12.4. The fraction of sp³-hybridized carbons (Fsp3) is 0.571. The van der Waals surface area contributed by atoms with Crippen LogP contribution in [-0.2, 0) is 4.74 Å². The van der Waals surface area contributed by atoms with Crippen molar-refractivity contribution in [3.8, 4) is 0 Å². The second kappa shape index (κ2) is 6.52. The lowest BCUT2D eigenvalue weighted by atomic mass is 10.1. The Balaban J connectivity index is 3.33. The van der Waals surface area contributed by atoms with Crippen LogP contribution < -0.4 is 10.6 Å². The van der Waals surface area contributed by atoms with Crippen LogP contribution in [0.5, 0.6) is 0 Å². The summed E-state index contributed by atoms with van der Waals surface area (Å²) in [5.41, 5.74) is 8.35. The number of nitrogens with two attached hydrogens (primary N) is 1. The molecular formula is C14H24N4O. The smallest absolute Gasteiger partial charge is 0.140 e. The second-order valence-electron chi connectivity index (χ2n) is 4.78. The summed E-state index contributed by atoms with van der Waals surface area (Å²) in [5.74, 6) is 0.833. The Bertz CT molecular complexity index is 459. The topological polar surface area (TPSA) is 75.2 Å². The van der Waals surface area contributed by atoms with E-state index in [1.54, 1.807) is 7.11 Å². The maximum absolute atomic E-state index is 7.78. The molecule has 0 aliphatic carbocycles. The van der Waals surface area contributed by atoms with Crippen molar-refractivity contribution in [2.45, 2.75) is 33.7 Å². The van der Waals surface area contributed by atoms with Crippen LogP contribution in [0.3, 0.4) is 0 Å². The van der Waals surface area contributed by atoms with E-state index in [1.165, 1.54) is 0 Å². The number of hydrogen-bond donors (Lipinski definition) is 2. The van der Waals surface area contributed by atoms with E-state index in [9.17, 15) is 0 Å². The number of aryl methyl sites for hydroxylation is 2. The van der Waals surface area contributed by atoms with E-state index in [0.717, 1.165) is 29.2 Å². The largest absolute Gasteiger partial charge is 0.384 e. The first-order chi connectivity index (χ1) is 8.92. The summed E-state index contributed by atoms with van der Waals surface area (Å²) in [6, 6.07) is 2.14. The zero-order valence-corrected chi connectivity index (χ0v) is 12.4. The van der Waals surface area contributed by atoms with E-state index in [-0.39, 0.29) is 11.9 Å². The monoisotopic (exact) mass is 264 g/mol. The van der Waals surface area contributed by atoms with Crippen LogP contribution in [0.15, 0.2) is 6.07 Å². The molecule has 0 aliphatic rings. The maximum Gasteiger partial charge on any atom is 0.140 e. The van der Waals surface area contributed by atoms with Crippen molar-refractivity contribution in [3.63, 3.8) is 0 Å². The predicted octanol–water partition coefficient (Wildman–Crippen LogP) is 1.84. The van der Waals surface area contributed by atoms with Gasteiger partial charge < -0.3 is 15.4 Å². The van der Waals surface area contributed by atoms with Crippen LogP contribution in [0, 0.1) is 19.3 Å². The predicted molar refractivity (Wildman–Crippen MR) is 79.1 cm³/mol. The lowest BCUT2D eigenvalue weighted by Gasteiger charge is -2.31. The number of ether oxygens (including phenoxy) is 1. The van der Waals surface area contributed by atoms with Crippen molar-refractivity contribution >= 4 is 11.7 Å². The Kier molecular flexibility index (Phi) is 5.30. The first kappa shape index (κ1) is 15.4. The standard InChI is InChI=1S/C14H24N4O/c1-6-18(11(4)8-19-5)14-12(13(15)16)9(2)7-10(3)17-14/h7,11H,6,8H2,1-5H3,(H3,15,16). The number of nitrogen functional groups attached to an aromatic ring is 1. The third-order valence-corrected chi connectivity index (χ3v) is 3.15. The molecule has 19 heavy (non-hydrogen) atoms. The van der Waals surface area contributed by atoms with Gasteiger partial charge in [0.2, 0.25) is 0 Å². The highest BCUT2D eigenvalue weighted by Crippen LogP contribution is 2.24. The van der Waals surface area contributed by atoms with Crippen LogP contribution in [0.2, 0.25) is 0 Å². The number of nitrogens with one attached hydrogen (secondary N) is 1. The number of methoxy groups -OCH3 is 1. The summed E-state index contributed by atoms with van der Waals surface area (Å²) >= 11 is 0. The van der Waals surface area contributed by atoms with E-state index in [4.69, 9.17) is 15.9 Å². The van der Waals surface area contributed by atoms with Gasteiger partial charge in [-0.1, -0.05) is 0 Å². The minimum Gasteiger partial charge on any atom is -0.384 e. The minimum absolute atomic E-state index is 0.0584. The molecule has 1 aromatic rings. The Morgan fingerprint density at radius 2 is 2.16 bits per heavy atom. The Hall–Kier alpha value is -1.62. The van der Waals surface area contributed by atoms with Crippen molar-refractivity contribution in [2.24, 2.45) is 5.73 Å². The molecule has 0 saturated heterocycles. The number of nitrogens with zero attached hydrogens (tertiary/aromatic N) is 2. The molecule has 1 rings (SSSR count). The molecule has 0 aromatic carbocycles. The lowest BCUT2D eigenvalue weighted by molar-refractivity contribution is 0.181. The summed E-state index contributed by atoms with van der Waals surface area (Å²) in [5, 5.41) is 7.78. The summed E-state index contributed by atoms with van der Waals surface area (Å²) in [7, 11) is 1.69. The Morgan fingerprint density at radius 1 is 1.53 bits per heavy atom. The molecule has 3 N–H and O–H groups in total. The summed E-state index contributed by atoms with van der Waals surface area (Å²) in [6.45, 7) is 9.46. The average molecular weight is 264 g/mol. The highest BCUT2D eigenvalue weighted by Gasteiger charge is 2.20. The minimum atomic E-state index is 0.0584. The van der Waals surface area contributed by atoms with Crippen molar-refractivity contribution in [1.29, 1.82) is 5.41 Å². The molecule has 5 heteroatoms. The van der Waals surface area contributed by atoms with Crippen LogP contribution in [-0.4, -0.2) is 37.1 Å². The van der Waals surface area contributed by atoms with Gasteiger partial charge in [0.05, 0.1) is 18.2 Å². The molecule has 1 aromatic heterocycles. The quantitative estimate of drug-likeness (QED) is 0.607. The van der Waals surface area contributed by atoms with Gasteiger partial charge in [-0.15, -0.1) is 0 Å². The molecule has 0 aliphatic heterocycles. The van der Waals surface area contributed by atoms with Gasteiger partial charge in [-0.2, -0.15) is 0 Å². The Labute approximate surface area is 115 Å². The fourth-order valence-electron chi connectivity index (χ4n) is 2.36. The average Bonchev–Trinajstić information content (AvgIpc) is 2.28. The number of pyridine rings is 1. The van der Waals surface area contributed by atoms with Gasteiger partial charge in [0.15, 0.2) is 0 Å². The number of amidine groups is 1. The number of hydrogen-bond acceptors (Lipinski definition) is 4. The van der Waals surface area contributed by atoms with Gasteiger partial charge in [0, 0.05) is 19.3 Å². The number of likely N-dealkylation sites (N-methyl/N-ethyl adjacent to an activating group) is 1. The third kappa shape index (κ3) is 3.44. The van der Waals surface area contributed by atoms with E-state index < -0.39 is 0 Å². The summed E-state index contributed by atoms with van der Waals surface area (Å²) < 4.78 is 5.21. The zero-order chi connectivity index (χ0) is 14.6. The molecule has 0 radical (unpaired) electrons. The summed E-state index contributed by atoms with van der Waals surface area (Å²) in [4.78, 5) is 6.70. The normalized spacial score (nSPS) is 12.3. The van der Waals surface area contributed by atoms with Crippen molar-refractivity contribution < 1.29 is 4.74 Å². The third-order valence-electron chi connectivity index (χ3n) is 3.15. The Morgan fingerprint density at radius 3 is 2.63 bits per heavy atom. The van der Waals surface area contributed by atoms with Gasteiger partial charge in [-0.3, -0.25) is 5.41 Å². The number of anilines is 1. The molecule has 0 spiro atoms. The second-order valence-corrected chi connectivity index (χ2v) is 4.78. The van der Waals surface area contributed by atoms with E-state index >= 15 is 0 Å². The molecule has 1 heterocycles. The van der Waals surface area contributed by atoms with Gasteiger partial charge in [0.1, 0.15) is 11.7 Å². The van der Waals surface area contributed by atoms with E-state index in [2.05, 4.69) is 23.7 Å². The van der Waals surface area contributed by atoms with Crippen LogP contribution in [0.1, 0.15) is 30.7 Å². The molecule has 1 atom stereocenters. The maximum atomic E-state index is 7.78. The van der Waals surface area contributed by atoms with Crippen molar-refractivity contribution in [2.75, 3.05) is 25.2 Å². The summed E-state index contributed by atoms with van der Waals surface area (Å²) in [6.07, 6.45) is 0. The lowest BCUT2D eigenvalue weighted by Crippen LogP contribution is -2.38. The molecule has 1 unspecified atom stereocenters. The number of rotatable bonds is 6. The molecule has 0 fully saturated rings. The highest BCUT2D eigenvalue weighted by molar-refractivity contribution is 6.01. The SMILES string of the molecule is CCN(c1nc(C)cc(C)c1C(=N)N)C(C)COC. The van der Waals surface area contributed by atoms with Gasteiger partial charge >= 0.3 is 0 Å². The molecule has 0 bridgehead atoms. The van der Waals surface area contributed by atoms with Gasteiger partial charge in [-0.25, -0.2) is 4.98 Å². The van der Waals surface area contributed by atoms with Crippen LogP contribution in [0.25, 0.3) is 0 Å². The molecule has 5 nitrogen and oxygen atoms in total. The van der Waals surface area contributed by atoms with Crippen LogP contribution >= 0.6 is 0 Å². The molecule has 106 valence electrons. The van der Waals surface area contributed by atoms with Gasteiger partial charge in [-0.05, 0) is 39.3 Å². The highest BCUT2D eigenvalue weighted by atomic mass is 16.5. The van der Waals surface area contributed by atoms with Crippen molar-refractivity contribution in [1.82, 2.24) is 4.98 Å². The van der Waals surface area contributed by atoms with Crippen LogP contribution in [0.4, 0.5) is 5.82 Å². The molecule has 0 saturated carbocycles. The molecule has 0 amide bonds. The molecular weight excluding hydrogens is 240 g/mol.